The van der Waals surface area contributed by atoms with E-state index in [4.69, 9.17) is 0 Å². The molecule has 28 heavy (non-hydrogen) atoms. The molecular formula is C27H23N. The van der Waals surface area contributed by atoms with Gasteiger partial charge in [0.05, 0.1) is 0 Å². The van der Waals surface area contributed by atoms with E-state index in [0.29, 0.717) is 0 Å². The molecule has 1 heteroatoms. The lowest BCUT2D eigenvalue weighted by atomic mass is 10.1. The maximum Gasteiger partial charge on any atom is 0.0462 e. The second kappa shape index (κ2) is 8.41. The van der Waals surface area contributed by atoms with Crippen LogP contribution in [0.5, 0.6) is 0 Å². The fraction of sp³-hybridized carbons (Fsp3) is 0.0370. The van der Waals surface area contributed by atoms with Crippen molar-refractivity contribution < 1.29 is 0 Å². The van der Waals surface area contributed by atoms with Crippen LogP contribution in [0.1, 0.15) is 16.7 Å². The minimum absolute atomic E-state index is 1.14. The smallest absolute Gasteiger partial charge is 0.0462 e. The summed E-state index contributed by atoms with van der Waals surface area (Å²) in [4.78, 5) is 2.27. The molecule has 0 spiro atoms. The van der Waals surface area contributed by atoms with Gasteiger partial charge in [0, 0.05) is 17.1 Å². The first kappa shape index (κ1) is 17.8. The average Bonchev–Trinajstić information content (AvgIpc) is 2.76. The Labute approximate surface area is 167 Å². The predicted octanol–water partition coefficient (Wildman–Crippen LogP) is 7.64. The topological polar surface area (TPSA) is 3.24 Å². The van der Waals surface area contributed by atoms with Crippen LogP contribution in [0.15, 0.2) is 109 Å². The lowest BCUT2D eigenvalue weighted by molar-refractivity contribution is 1.28. The Balaban J connectivity index is 1.64. The lowest BCUT2D eigenvalue weighted by Crippen LogP contribution is -2.09. The van der Waals surface area contributed by atoms with Crippen molar-refractivity contribution in [3.8, 4) is 0 Å². The number of rotatable bonds is 5. The first-order valence-corrected chi connectivity index (χ1v) is 9.55. The third-order valence-electron chi connectivity index (χ3n) is 4.82. The third-order valence-corrected chi connectivity index (χ3v) is 4.82. The van der Waals surface area contributed by atoms with Gasteiger partial charge in [-0.25, -0.2) is 0 Å². The maximum absolute atomic E-state index is 2.27. The summed E-state index contributed by atoms with van der Waals surface area (Å²) in [5.41, 5.74) is 7.17. The van der Waals surface area contributed by atoms with Gasteiger partial charge in [-0.15, -0.1) is 0 Å². The van der Waals surface area contributed by atoms with E-state index in [2.05, 4.69) is 121 Å². The number of anilines is 3. The number of aryl methyl sites for hydroxylation is 1. The van der Waals surface area contributed by atoms with E-state index in [9.17, 15) is 0 Å². The van der Waals surface area contributed by atoms with Crippen molar-refractivity contribution in [3.05, 3.63) is 126 Å². The number of para-hydroxylation sites is 2. The van der Waals surface area contributed by atoms with Crippen LogP contribution in [0.4, 0.5) is 17.1 Å². The molecule has 0 aliphatic heterocycles. The summed E-state index contributed by atoms with van der Waals surface area (Å²) in [6.45, 7) is 2.14. The van der Waals surface area contributed by atoms with E-state index < -0.39 is 0 Å². The Morgan fingerprint density at radius 3 is 1.57 bits per heavy atom. The highest BCUT2D eigenvalue weighted by molar-refractivity contribution is 5.78. The summed E-state index contributed by atoms with van der Waals surface area (Å²) in [5.74, 6) is 0. The molecule has 0 heterocycles. The molecule has 136 valence electrons. The zero-order valence-electron chi connectivity index (χ0n) is 16.0. The average molecular weight is 361 g/mol. The molecule has 1 nitrogen and oxygen atoms in total. The molecule has 0 saturated heterocycles. The largest absolute Gasteiger partial charge is 0.311 e. The molecule has 0 radical (unpaired) electrons. The van der Waals surface area contributed by atoms with Gasteiger partial charge in [0.15, 0.2) is 0 Å². The highest BCUT2D eigenvalue weighted by atomic mass is 15.1. The summed E-state index contributed by atoms with van der Waals surface area (Å²) in [7, 11) is 0. The lowest BCUT2D eigenvalue weighted by Gasteiger charge is -2.25. The molecule has 0 aliphatic carbocycles. The van der Waals surface area contributed by atoms with Crippen LogP contribution in [0.25, 0.3) is 12.2 Å². The molecule has 4 rings (SSSR count). The summed E-state index contributed by atoms with van der Waals surface area (Å²) >= 11 is 0. The molecule has 0 bridgehead atoms. The van der Waals surface area contributed by atoms with Crippen LogP contribution >= 0.6 is 0 Å². The van der Waals surface area contributed by atoms with E-state index in [0.717, 1.165) is 17.1 Å². The van der Waals surface area contributed by atoms with Crippen molar-refractivity contribution in [1.82, 2.24) is 0 Å². The van der Waals surface area contributed by atoms with E-state index >= 15 is 0 Å². The predicted molar refractivity (Wildman–Crippen MR) is 121 cm³/mol. The van der Waals surface area contributed by atoms with Crippen LogP contribution in [0.3, 0.4) is 0 Å². The molecule has 4 aromatic rings. The molecule has 0 saturated carbocycles. The minimum Gasteiger partial charge on any atom is -0.311 e. The van der Waals surface area contributed by atoms with Gasteiger partial charge in [-0.05, 0) is 60.0 Å². The highest BCUT2D eigenvalue weighted by Gasteiger charge is 2.11. The molecule has 4 aromatic carbocycles. The van der Waals surface area contributed by atoms with E-state index in [1.165, 1.54) is 16.7 Å². The van der Waals surface area contributed by atoms with Crippen LogP contribution in [-0.2, 0) is 0 Å². The van der Waals surface area contributed by atoms with Gasteiger partial charge in [0.2, 0.25) is 0 Å². The fourth-order valence-electron chi connectivity index (χ4n) is 3.30. The van der Waals surface area contributed by atoms with Gasteiger partial charge in [0.1, 0.15) is 0 Å². The van der Waals surface area contributed by atoms with Gasteiger partial charge < -0.3 is 4.90 Å². The number of hydrogen-bond donors (Lipinski definition) is 0. The van der Waals surface area contributed by atoms with E-state index in [-0.39, 0.29) is 0 Å². The molecule has 0 atom stereocenters. The molecule has 0 aromatic heterocycles. The minimum atomic E-state index is 1.14. The monoisotopic (exact) mass is 361 g/mol. The van der Waals surface area contributed by atoms with Crippen LogP contribution < -0.4 is 4.90 Å². The molecule has 0 N–H and O–H groups in total. The summed E-state index contributed by atoms with van der Waals surface area (Å²) in [6, 6.07) is 38.1. The van der Waals surface area contributed by atoms with Gasteiger partial charge in [0.25, 0.3) is 0 Å². The van der Waals surface area contributed by atoms with Crippen molar-refractivity contribution in [2.75, 3.05) is 4.90 Å². The number of benzene rings is 4. The summed E-state index contributed by atoms with van der Waals surface area (Å²) in [5, 5.41) is 0. The van der Waals surface area contributed by atoms with Crippen LogP contribution in [0, 0.1) is 6.92 Å². The van der Waals surface area contributed by atoms with Crippen LogP contribution in [-0.4, -0.2) is 0 Å². The fourth-order valence-corrected chi connectivity index (χ4v) is 3.30. The third kappa shape index (κ3) is 4.05. The van der Waals surface area contributed by atoms with Crippen LogP contribution in [0.2, 0.25) is 0 Å². The SMILES string of the molecule is Cc1ccccc1C=Cc1ccc(N(c2ccccc2)c2ccccc2)cc1. The second-order valence-corrected chi connectivity index (χ2v) is 6.79. The molecular weight excluding hydrogens is 338 g/mol. The molecule has 0 aliphatic rings. The first-order valence-electron chi connectivity index (χ1n) is 9.55. The zero-order chi connectivity index (χ0) is 19.2. The Kier molecular flexibility index (Phi) is 5.35. The van der Waals surface area contributed by atoms with E-state index in [1.54, 1.807) is 0 Å². The van der Waals surface area contributed by atoms with Gasteiger partial charge in [-0.3, -0.25) is 0 Å². The maximum atomic E-state index is 2.27. The molecule has 0 fully saturated rings. The standard InChI is InChI=1S/C27H23N/c1-22-10-8-9-11-24(22)19-16-23-17-20-27(21-18-23)28(25-12-4-2-5-13-25)26-14-6-3-7-15-26/h2-21H,1H3. The van der Waals surface area contributed by atoms with Gasteiger partial charge >= 0.3 is 0 Å². The Bertz CT molecular complexity index is 1010. The molecule has 0 unspecified atom stereocenters. The van der Waals surface area contributed by atoms with E-state index in [1.807, 2.05) is 12.1 Å². The summed E-state index contributed by atoms with van der Waals surface area (Å²) < 4.78 is 0. The summed E-state index contributed by atoms with van der Waals surface area (Å²) in [6.07, 6.45) is 4.35. The normalized spacial score (nSPS) is 10.9. The highest BCUT2D eigenvalue weighted by Crippen LogP contribution is 2.34. The first-order chi connectivity index (χ1) is 13.8. The van der Waals surface area contributed by atoms with Crippen molar-refractivity contribution in [1.29, 1.82) is 0 Å². The van der Waals surface area contributed by atoms with Crippen molar-refractivity contribution in [3.63, 3.8) is 0 Å². The number of nitrogens with zero attached hydrogens (tertiary/aromatic N) is 1. The number of hydrogen-bond acceptors (Lipinski definition) is 1. The van der Waals surface area contributed by atoms with Gasteiger partial charge in [-0.2, -0.15) is 0 Å². The van der Waals surface area contributed by atoms with Crippen molar-refractivity contribution >= 4 is 29.2 Å². The Hall–Kier alpha value is -3.58. The van der Waals surface area contributed by atoms with Gasteiger partial charge in [-0.1, -0.05) is 84.9 Å². The Morgan fingerprint density at radius 1 is 0.500 bits per heavy atom. The quantitative estimate of drug-likeness (QED) is 0.330. The van der Waals surface area contributed by atoms with Crippen molar-refractivity contribution in [2.45, 2.75) is 6.92 Å². The van der Waals surface area contributed by atoms with Crippen molar-refractivity contribution in [2.24, 2.45) is 0 Å². The Morgan fingerprint density at radius 2 is 1.00 bits per heavy atom. The zero-order valence-corrected chi connectivity index (χ0v) is 16.0. The molecule has 0 amide bonds. The second-order valence-electron chi connectivity index (χ2n) is 6.79.